The molecule has 1 aliphatic heterocycles. The van der Waals surface area contributed by atoms with Crippen LogP contribution in [0.2, 0.25) is 0 Å². The molecule has 0 radical (unpaired) electrons. The molecular formula is C13H21NS. The quantitative estimate of drug-likeness (QED) is 0.819. The van der Waals surface area contributed by atoms with Crippen molar-refractivity contribution < 1.29 is 0 Å². The van der Waals surface area contributed by atoms with E-state index in [0.717, 1.165) is 0 Å². The van der Waals surface area contributed by atoms with E-state index in [1.54, 1.807) is 0 Å². The summed E-state index contributed by atoms with van der Waals surface area (Å²) < 4.78 is 0. The second-order valence-electron chi connectivity index (χ2n) is 4.58. The lowest BCUT2D eigenvalue weighted by Gasteiger charge is -2.33. The van der Waals surface area contributed by atoms with Crippen molar-refractivity contribution in [3.63, 3.8) is 0 Å². The van der Waals surface area contributed by atoms with Crippen LogP contribution in [0, 0.1) is 0 Å². The number of rotatable bonds is 3. The Balaban J connectivity index is 2.21. The van der Waals surface area contributed by atoms with Crippen LogP contribution < -0.4 is 5.32 Å². The molecule has 0 amide bonds. The maximum atomic E-state index is 3.81. The van der Waals surface area contributed by atoms with Gasteiger partial charge in [-0.2, -0.15) is 11.3 Å². The second-order valence-corrected chi connectivity index (χ2v) is 5.36. The van der Waals surface area contributed by atoms with Crippen LogP contribution in [0.15, 0.2) is 16.8 Å². The largest absolute Gasteiger partial charge is 0.307 e. The van der Waals surface area contributed by atoms with Crippen molar-refractivity contribution >= 4 is 11.3 Å². The zero-order valence-corrected chi connectivity index (χ0v) is 10.4. The second kappa shape index (κ2) is 5.13. The van der Waals surface area contributed by atoms with E-state index in [4.69, 9.17) is 0 Å². The molecule has 1 N–H and O–H groups in total. The van der Waals surface area contributed by atoms with E-state index in [1.165, 1.54) is 50.6 Å². The Morgan fingerprint density at radius 3 is 3.07 bits per heavy atom. The molecule has 0 aromatic carbocycles. The van der Waals surface area contributed by atoms with Crippen molar-refractivity contribution in [2.24, 2.45) is 0 Å². The molecule has 0 saturated carbocycles. The van der Waals surface area contributed by atoms with Crippen molar-refractivity contribution in [1.29, 1.82) is 0 Å². The topological polar surface area (TPSA) is 12.0 Å². The minimum atomic E-state index is 0.297. The normalized spacial score (nSPS) is 27.5. The fraction of sp³-hybridized carbons (Fsp3) is 0.692. The molecule has 1 unspecified atom stereocenters. The smallest absolute Gasteiger partial charge is 0.0442 e. The molecule has 2 heteroatoms. The molecule has 15 heavy (non-hydrogen) atoms. The van der Waals surface area contributed by atoms with Crippen molar-refractivity contribution in [1.82, 2.24) is 5.32 Å². The van der Waals surface area contributed by atoms with Gasteiger partial charge in [-0.05, 0) is 48.2 Å². The van der Waals surface area contributed by atoms with Gasteiger partial charge in [-0.1, -0.05) is 26.2 Å². The van der Waals surface area contributed by atoms with Crippen LogP contribution in [0.25, 0.3) is 0 Å². The number of nitrogens with one attached hydrogen (secondary N) is 1. The Hall–Kier alpha value is -0.340. The minimum absolute atomic E-state index is 0.297. The summed E-state index contributed by atoms with van der Waals surface area (Å²) in [5, 5.41) is 8.34. The van der Waals surface area contributed by atoms with Crippen molar-refractivity contribution in [2.75, 3.05) is 6.54 Å². The molecule has 2 rings (SSSR count). The molecule has 1 aromatic heterocycles. The average molecular weight is 223 g/mol. The lowest BCUT2D eigenvalue weighted by atomic mass is 9.83. The summed E-state index contributed by atoms with van der Waals surface area (Å²) >= 11 is 1.82. The monoisotopic (exact) mass is 223 g/mol. The molecule has 0 aliphatic carbocycles. The van der Waals surface area contributed by atoms with Gasteiger partial charge in [0.15, 0.2) is 0 Å². The third-order valence-corrected chi connectivity index (χ3v) is 4.18. The van der Waals surface area contributed by atoms with Gasteiger partial charge in [0.2, 0.25) is 0 Å². The molecule has 1 atom stereocenters. The van der Waals surface area contributed by atoms with Gasteiger partial charge < -0.3 is 5.32 Å². The van der Waals surface area contributed by atoms with Gasteiger partial charge in [-0.15, -0.1) is 0 Å². The highest BCUT2D eigenvalue weighted by Crippen LogP contribution is 2.35. The number of hydrogen-bond donors (Lipinski definition) is 1. The van der Waals surface area contributed by atoms with E-state index in [-0.39, 0.29) is 0 Å². The first-order valence-corrected chi connectivity index (χ1v) is 7.09. The average Bonchev–Trinajstić information content (AvgIpc) is 2.68. The van der Waals surface area contributed by atoms with E-state index in [0.29, 0.717) is 5.54 Å². The van der Waals surface area contributed by atoms with E-state index in [1.807, 2.05) is 11.3 Å². The minimum Gasteiger partial charge on any atom is -0.307 e. The third kappa shape index (κ3) is 2.43. The summed E-state index contributed by atoms with van der Waals surface area (Å²) in [5.41, 5.74) is 1.82. The lowest BCUT2D eigenvalue weighted by molar-refractivity contribution is 0.298. The highest BCUT2D eigenvalue weighted by atomic mass is 32.1. The summed E-state index contributed by atoms with van der Waals surface area (Å²) in [6.45, 7) is 3.48. The Kier molecular flexibility index (Phi) is 3.81. The fourth-order valence-corrected chi connectivity index (χ4v) is 3.47. The lowest BCUT2D eigenvalue weighted by Crippen LogP contribution is -2.41. The highest BCUT2D eigenvalue weighted by Gasteiger charge is 2.31. The van der Waals surface area contributed by atoms with Gasteiger partial charge in [0.05, 0.1) is 0 Å². The molecular weight excluding hydrogens is 202 g/mol. The zero-order valence-electron chi connectivity index (χ0n) is 9.59. The highest BCUT2D eigenvalue weighted by molar-refractivity contribution is 7.08. The predicted molar refractivity (Wildman–Crippen MR) is 67.4 cm³/mol. The molecule has 1 aliphatic rings. The maximum Gasteiger partial charge on any atom is 0.0442 e. The molecule has 1 fully saturated rings. The van der Waals surface area contributed by atoms with Crippen LogP contribution >= 0.6 is 11.3 Å². The van der Waals surface area contributed by atoms with Crippen LogP contribution in [0.1, 0.15) is 51.0 Å². The number of thiophene rings is 1. The summed E-state index contributed by atoms with van der Waals surface area (Å²) in [6, 6.07) is 2.30. The molecule has 0 spiro atoms. The summed E-state index contributed by atoms with van der Waals surface area (Å²) in [4.78, 5) is 0. The maximum absolute atomic E-state index is 3.81. The summed E-state index contributed by atoms with van der Waals surface area (Å²) in [6.07, 6.45) is 7.98. The van der Waals surface area contributed by atoms with E-state index < -0.39 is 0 Å². The number of hydrogen-bond acceptors (Lipinski definition) is 2. The van der Waals surface area contributed by atoms with Gasteiger partial charge in [-0.25, -0.2) is 0 Å². The van der Waals surface area contributed by atoms with Crippen molar-refractivity contribution in [3.05, 3.63) is 22.4 Å². The fourth-order valence-electron chi connectivity index (χ4n) is 2.71. The first kappa shape index (κ1) is 11.2. The van der Waals surface area contributed by atoms with Crippen LogP contribution in [-0.2, 0) is 5.54 Å². The van der Waals surface area contributed by atoms with Crippen molar-refractivity contribution in [2.45, 2.75) is 51.0 Å². The Morgan fingerprint density at radius 1 is 1.40 bits per heavy atom. The van der Waals surface area contributed by atoms with Gasteiger partial charge >= 0.3 is 0 Å². The molecule has 1 nitrogen and oxygen atoms in total. The summed E-state index contributed by atoms with van der Waals surface area (Å²) in [7, 11) is 0. The molecule has 1 saturated heterocycles. The van der Waals surface area contributed by atoms with Gasteiger partial charge in [-0.3, -0.25) is 0 Å². The van der Waals surface area contributed by atoms with Crippen LogP contribution in [-0.4, -0.2) is 6.54 Å². The van der Waals surface area contributed by atoms with Gasteiger partial charge in [0, 0.05) is 5.54 Å². The Labute approximate surface area is 96.9 Å². The van der Waals surface area contributed by atoms with E-state index in [2.05, 4.69) is 29.1 Å². The van der Waals surface area contributed by atoms with Crippen LogP contribution in [0.4, 0.5) is 0 Å². The summed E-state index contributed by atoms with van der Waals surface area (Å²) in [5.74, 6) is 0. The first-order valence-electron chi connectivity index (χ1n) is 6.15. The zero-order chi connectivity index (χ0) is 10.6. The van der Waals surface area contributed by atoms with Crippen LogP contribution in [0.5, 0.6) is 0 Å². The molecule has 2 heterocycles. The molecule has 84 valence electrons. The van der Waals surface area contributed by atoms with E-state index in [9.17, 15) is 0 Å². The van der Waals surface area contributed by atoms with Crippen molar-refractivity contribution in [3.8, 4) is 0 Å². The standard InChI is InChI=1S/C13H21NS/c1-2-7-13(12-6-10-15-11-12)8-4-3-5-9-14-13/h6,10-11,14H,2-5,7-9H2,1H3. The van der Waals surface area contributed by atoms with Gasteiger partial charge in [0.25, 0.3) is 0 Å². The Morgan fingerprint density at radius 2 is 2.33 bits per heavy atom. The molecule has 0 bridgehead atoms. The molecule has 1 aromatic rings. The SMILES string of the molecule is CCCC1(c2ccsc2)CCCCCN1. The Bertz CT molecular complexity index is 271. The van der Waals surface area contributed by atoms with E-state index >= 15 is 0 Å². The van der Waals surface area contributed by atoms with Gasteiger partial charge in [0.1, 0.15) is 0 Å². The first-order chi connectivity index (χ1) is 7.37. The van der Waals surface area contributed by atoms with Crippen LogP contribution in [0.3, 0.4) is 0 Å². The third-order valence-electron chi connectivity index (χ3n) is 3.49. The predicted octanol–water partition coefficient (Wildman–Crippen LogP) is 3.91.